The normalized spacial score (nSPS) is 27.1. The first kappa shape index (κ1) is 17.6. The second-order valence-corrected chi connectivity index (χ2v) is 8.08. The number of carbonyl (C=O) groups excluding carboxylic acids is 2. The molecule has 0 saturated carbocycles. The van der Waals surface area contributed by atoms with Gasteiger partial charge in [-0.1, -0.05) is 0 Å². The maximum Gasteiger partial charge on any atom is 0.289 e. The van der Waals surface area contributed by atoms with Gasteiger partial charge in [-0.05, 0) is 37.4 Å². The number of piperidine rings is 1. The van der Waals surface area contributed by atoms with E-state index in [1.54, 1.807) is 17.0 Å². The molecular weight excluding hydrogens is 358 g/mol. The second kappa shape index (κ2) is 7.18. The third-order valence-corrected chi connectivity index (χ3v) is 6.05. The molecule has 1 unspecified atom stereocenters. The first-order chi connectivity index (χ1) is 13.7. The Bertz CT molecular complexity index is 892. The van der Waals surface area contributed by atoms with Gasteiger partial charge in [-0.15, -0.1) is 0 Å². The molecule has 2 aromatic heterocycles. The Hall–Kier alpha value is -2.45. The smallest absolute Gasteiger partial charge is 0.289 e. The summed E-state index contributed by atoms with van der Waals surface area (Å²) in [6.07, 6.45) is 3.81. The van der Waals surface area contributed by atoms with Crippen LogP contribution < -0.4 is 10.6 Å². The van der Waals surface area contributed by atoms with Crippen LogP contribution in [-0.2, 0) is 0 Å². The molecule has 8 heteroatoms. The fourth-order valence-corrected chi connectivity index (χ4v) is 4.62. The van der Waals surface area contributed by atoms with E-state index in [1.165, 1.54) is 12.6 Å². The Kier molecular flexibility index (Phi) is 4.52. The molecule has 0 spiro atoms. The summed E-state index contributed by atoms with van der Waals surface area (Å²) in [7, 11) is 0. The van der Waals surface area contributed by atoms with Crippen LogP contribution >= 0.6 is 0 Å². The molecule has 0 aromatic carbocycles. The van der Waals surface area contributed by atoms with Crippen molar-refractivity contribution < 1.29 is 14.0 Å². The van der Waals surface area contributed by atoms with Gasteiger partial charge in [0, 0.05) is 50.7 Å². The molecule has 8 nitrogen and oxygen atoms in total. The van der Waals surface area contributed by atoms with E-state index in [-0.39, 0.29) is 17.9 Å². The zero-order valence-electron chi connectivity index (χ0n) is 15.8. The molecule has 2 bridgehead atoms. The summed E-state index contributed by atoms with van der Waals surface area (Å²) in [5, 5.41) is 7.08. The third-order valence-electron chi connectivity index (χ3n) is 6.05. The number of aromatic nitrogens is 1. The lowest BCUT2D eigenvalue weighted by Gasteiger charge is -2.30. The van der Waals surface area contributed by atoms with Crippen LogP contribution in [0.1, 0.15) is 33.9 Å². The maximum absolute atomic E-state index is 12.7. The fraction of sp³-hybridized carbons (Fsp3) is 0.550. The van der Waals surface area contributed by atoms with Crippen LogP contribution in [-0.4, -0.2) is 78.5 Å². The van der Waals surface area contributed by atoms with E-state index in [2.05, 4.69) is 20.5 Å². The van der Waals surface area contributed by atoms with Crippen LogP contribution in [0.15, 0.2) is 22.7 Å². The van der Waals surface area contributed by atoms with Gasteiger partial charge in [0.15, 0.2) is 11.3 Å². The predicted molar refractivity (Wildman–Crippen MR) is 103 cm³/mol. The Morgan fingerprint density at radius 3 is 2.86 bits per heavy atom. The first-order valence-electron chi connectivity index (χ1n) is 10.1. The third kappa shape index (κ3) is 3.38. The summed E-state index contributed by atoms with van der Waals surface area (Å²) in [6, 6.07) is 3.60. The van der Waals surface area contributed by atoms with Crippen LogP contribution in [0.5, 0.6) is 0 Å². The molecule has 3 saturated heterocycles. The average molecular weight is 383 g/mol. The monoisotopic (exact) mass is 383 g/mol. The number of furan rings is 1. The van der Waals surface area contributed by atoms with Crippen molar-refractivity contribution in [2.75, 3.05) is 45.8 Å². The number of pyridine rings is 1. The van der Waals surface area contributed by atoms with Gasteiger partial charge >= 0.3 is 0 Å². The molecular formula is C20H25N5O3. The predicted octanol–water partition coefficient (Wildman–Crippen LogP) is 0.697. The van der Waals surface area contributed by atoms with Gasteiger partial charge in [0.05, 0.1) is 6.20 Å². The zero-order chi connectivity index (χ0) is 19.1. The van der Waals surface area contributed by atoms with Crippen LogP contribution in [0.2, 0.25) is 0 Å². The van der Waals surface area contributed by atoms with Crippen molar-refractivity contribution in [3.8, 4) is 0 Å². The maximum atomic E-state index is 12.7. The summed E-state index contributed by atoms with van der Waals surface area (Å²) in [5.41, 5.74) is 0.888. The van der Waals surface area contributed by atoms with Crippen molar-refractivity contribution in [1.82, 2.24) is 25.4 Å². The van der Waals surface area contributed by atoms with Crippen molar-refractivity contribution in [3.05, 3.63) is 29.8 Å². The quantitative estimate of drug-likeness (QED) is 0.811. The Morgan fingerprint density at radius 1 is 1.18 bits per heavy atom. The molecule has 5 heterocycles. The molecule has 3 aliphatic rings. The van der Waals surface area contributed by atoms with Gasteiger partial charge < -0.3 is 24.9 Å². The standard InChI is InChI=1S/C20H25N5O3/c26-19(23-15-7-13-1-4-24(11-13)12-15)16-8-14-9-17(28-18(14)10-22-16)20(27)25-5-2-21-3-6-25/h8-10,13,15,21H,1-7,11-12H2,(H,23,26)/t13-,15-/m1/s1. The lowest BCUT2D eigenvalue weighted by atomic mass is 9.97. The highest BCUT2D eigenvalue weighted by Crippen LogP contribution is 2.27. The van der Waals surface area contributed by atoms with Gasteiger partial charge in [-0.3, -0.25) is 9.59 Å². The van der Waals surface area contributed by atoms with Crippen molar-refractivity contribution in [3.63, 3.8) is 0 Å². The van der Waals surface area contributed by atoms with Gasteiger partial charge in [0.25, 0.3) is 11.8 Å². The highest BCUT2D eigenvalue weighted by molar-refractivity contribution is 5.99. The summed E-state index contributed by atoms with van der Waals surface area (Å²) in [4.78, 5) is 33.7. The number of carbonyl (C=O) groups is 2. The summed E-state index contributed by atoms with van der Waals surface area (Å²) >= 11 is 0. The Labute approximate surface area is 163 Å². The number of nitrogens with one attached hydrogen (secondary N) is 2. The van der Waals surface area contributed by atoms with Gasteiger partial charge in [0.2, 0.25) is 0 Å². The summed E-state index contributed by atoms with van der Waals surface area (Å²) < 4.78 is 5.69. The zero-order valence-corrected chi connectivity index (χ0v) is 15.8. The number of fused-ring (bicyclic) bond motifs is 3. The van der Waals surface area contributed by atoms with Crippen molar-refractivity contribution >= 4 is 22.8 Å². The highest BCUT2D eigenvalue weighted by Gasteiger charge is 2.33. The van der Waals surface area contributed by atoms with E-state index in [0.29, 0.717) is 36.0 Å². The topological polar surface area (TPSA) is 90.7 Å². The van der Waals surface area contributed by atoms with Crippen molar-refractivity contribution in [2.45, 2.75) is 18.9 Å². The average Bonchev–Trinajstić information content (AvgIpc) is 3.30. The minimum atomic E-state index is -0.161. The van der Waals surface area contributed by atoms with E-state index < -0.39 is 0 Å². The molecule has 3 atom stereocenters. The summed E-state index contributed by atoms with van der Waals surface area (Å²) in [6.45, 7) is 6.13. The van der Waals surface area contributed by atoms with Crippen LogP contribution in [0, 0.1) is 5.92 Å². The van der Waals surface area contributed by atoms with Gasteiger partial charge in [-0.25, -0.2) is 4.98 Å². The minimum Gasteiger partial charge on any atom is -0.449 e. The summed E-state index contributed by atoms with van der Waals surface area (Å²) in [5.74, 6) is 0.718. The number of hydrogen-bond donors (Lipinski definition) is 2. The van der Waals surface area contributed by atoms with Crippen LogP contribution in [0.3, 0.4) is 0 Å². The van der Waals surface area contributed by atoms with E-state index in [1.807, 2.05) is 0 Å². The fourth-order valence-electron chi connectivity index (χ4n) is 4.62. The molecule has 2 N–H and O–H groups in total. The van der Waals surface area contributed by atoms with E-state index >= 15 is 0 Å². The molecule has 0 aliphatic carbocycles. The highest BCUT2D eigenvalue weighted by atomic mass is 16.3. The van der Waals surface area contributed by atoms with Gasteiger partial charge in [-0.2, -0.15) is 0 Å². The van der Waals surface area contributed by atoms with Gasteiger partial charge in [0.1, 0.15) is 5.69 Å². The van der Waals surface area contributed by atoms with Crippen molar-refractivity contribution in [1.29, 1.82) is 0 Å². The van der Waals surface area contributed by atoms with E-state index in [4.69, 9.17) is 4.42 Å². The lowest BCUT2D eigenvalue weighted by molar-refractivity contribution is 0.0706. The van der Waals surface area contributed by atoms with Crippen molar-refractivity contribution in [2.24, 2.45) is 5.92 Å². The number of rotatable bonds is 3. The number of piperazine rings is 1. The molecule has 3 aliphatic heterocycles. The van der Waals surface area contributed by atoms with Crippen LogP contribution in [0.25, 0.3) is 11.0 Å². The Balaban J connectivity index is 1.30. The molecule has 2 aromatic rings. The molecule has 0 radical (unpaired) electrons. The molecule has 3 fully saturated rings. The largest absolute Gasteiger partial charge is 0.449 e. The molecule has 5 rings (SSSR count). The SMILES string of the molecule is O=C(N[C@@H]1C[C@H]2CCN(C2)C1)c1cc2cc(C(=O)N3CCNCC3)oc2cn1. The second-order valence-electron chi connectivity index (χ2n) is 8.08. The molecule has 148 valence electrons. The molecule has 28 heavy (non-hydrogen) atoms. The molecule has 2 amide bonds. The van der Waals surface area contributed by atoms with E-state index in [9.17, 15) is 9.59 Å². The number of nitrogens with zero attached hydrogens (tertiary/aromatic N) is 3. The lowest BCUT2D eigenvalue weighted by Crippen LogP contribution is -2.47. The minimum absolute atomic E-state index is 0.115. The Morgan fingerprint density at radius 2 is 2.04 bits per heavy atom. The van der Waals surface area contributed by atoms with E-state index in [0.717, 1.165) is 44.5 Å². The first-order valence-corrected chi connectivity index (χ1v) is 10.1. The number of amides is 2. The van der Waals surface area contributed by atoms with Crippen LogP contribution in [0.4, 0.5) is 0 Å². The number of hydrogen-bond acceptors (Lipinski definition) is 6.